The van der Waals surface area contributed by atoms with Gasteiger partial charge >= 0.3 is 0 Å². The Balaban J connectivity index is 1.92. The van der Waals surface area contributed by atoms with Crippen LogP contribution in [-0.2, 0) is 11.3 Å². The maximum Gasteiger partial charge on any atom is 0.273 e. The summed E-state index contributed by atoms with van der Waals surface area (Å²) in [5.41, 5.74) is 0.356. The number of hydrogen-bond donors (Lipinski definition) is 1. The van der Waals surface area contributed by atoms with Crippen molar-refractivity contribution in [2.75, 3.05) is 20.3 Å². The lowest BCUT2D eigenvalue weighted by atomic mass is 10.3. The molecular weight excluding hydrogens is 289 g/mol. The van der Waals surface area contributed by atoms with Gasteiger partial charge < -0.3 is 14.8 Å². The van der Waals surface area contributed by atoms with Gasteiger partial charge in [0.25, 0.3) is 5.91 Å². The molecule has 0 fully saturated rings. The van der Waals surface area contributed by atoms with Crippen molar-refractivity contribution < 1.29 is 18.7 Å². The summed E-state index contributed by atoms with van der Waals surface area (Å²) in [6.07, 6.45) is 2.94. The summed E-state index contributed by atoms with van der Waals surface area (Å²) in [7, 11) is 1.59. The Morgan fingerprint density at radius 3 is 2.91 bits per heavy atom. The maximum absolute atomic E-state index is 13.4. The average Bonchev–Trinajstić information content (AvgIpc) is 2.54. The lowest BCUT2D eigenvalue weighted by Gasteiger charge is -2.08. The quantitative estimate of drug-likeness (QED) is 0.786. The molecule has 0 radical (unpaired) electrons. The minimum atomic E-state index is -0.662. The van der Waals surface area contributed by atoms with Gasteiger partial charge in [0.15, 0.2) is 11.5 Å². The van der Waals surface area contributed by atoms with Crippen LogP contribution in [0.5, 0.6) is 5.75 Å². The van der Waals surface area contributed by atoms with Gasteiger partial charge in [-0.3, -0.25) is 9.78 Å². The first kappa shape index (κ1) is 15.8. The summed E-state index contributed by atoms with van der Waals surface area (Å²) in [5.74, 6) is -0.629. The molecule has 1 N–H and O–H groups in total. The largest absolute Gasteiger partial charge is 0.491 e. The lowest BCUT2D eigenvalue weighted by molar-refractivity contribution is 0.0941. The number of pyridine rings is 2. The minimum absolute atomic E-state index is 0.149. The van der Waals surface area contributed by atoms with Crippen LogP contribution in [0.25, 0.3) is 0 Å². The number of carbonyl (C=O) groups is 1. The van der Waals surface area contributed by atoms with E-state index in [4.69, 9.17) is 9.47 Å². The van der Waals surface area contributed by atoms with Crippen LogP contribution in [0.2, 0.25) is 0 Å². The molecule has 0 saturated carbocycles. The highest BCUT2D eigenvalue weighted by Gasteiger charge is 2.12. The van der Waals surface area contributed by atoms with Gasteiger partial charge in [0, 0.05) is 25.6 Å². The van der Waals surface area contributed by atoms with Crippen molar-refractivity contribution in [1.29, 1.82) is 0 Å². The van der Waals surface area contributed by atoms with Gasteiger partial charge in [-0.15, -0.1) is 0 Å². The van der Waals surface area contributed by atoms with Crippen molar-refractivity contribution >= 4 is 5.91 Å². The van der Waals surface area contributed by atoms with E-state index >= 15 is 0 Å². The number of methoxy groups -OCH3 is 1. The maximum atomic E-state index is 13.4. The van der Waals surface area contributed by atoms with Gasteiger partial charge in [-0.2, -0.15) is 0 Å². The van der Waals surface area contributed by atoms with Crippen molar-refractivity contribution in [3.8, 4) is 5.75 Å². The molecule has 2 heterocycles. The van der Waals surface area contributed by atoms with Crippen LogP contribution in [0.3, 0.4) is 0 Å². The molecule has 0 aliphatic rings. The molecule has 116 valence electrons. The number of ether oxygens (including phenoxy) is 2. The summed E-state index contributed by atoms with van der Waals surface area (Å²) in [4.78, 5) is 19.7. The Labute approximate surface area is 127 Å². The number of halogens is 1. The number of rotatable bonds is 7. The molecular formula is C15H16FN3O3. The number of nitrogens with zero attached hydrogens (tertiary/aromatic N) is 2. The van der Waals surface area contributed by atoms with E-state index in [0.717, 1.165) is 0 Å². The Morgan fingerprint density at radius 1 is 1.27 bits per heavy atom. The molecule has 2 aromatic rings. The number of aromatic nitrogens is 2. The second-order valence-corrected chi connectivity index (χ2v) is 4.34. The van der Waals surface area contributed by atoms with Crippen LogP contribution in [0, 0.1) is 5.82 Å². The highest BCUT2D eigenvalue weighted by atomic mass is 19.1. The third-order valence-electron chi connectivity index (χ3n) is 2.75. The molecule has 0 aromatic carbocycles. The number of nitrogens with one attached hydrogen (secondary N) is 1. The predicted octanol–water partition coefficient (Wildman–Crippen LogP) is 1.57. The molecule has 22 heavy (non-hydrogen) atoms. The third kappa shape index (κ3) is 4.49. The van der Waals surface area contributed by atoms with Crippen molar-refractivity contribution in [3.63, 3.8) is 0 Å². The molecule has 0 bridgehead atoms. The molecule has 0 spiro atoms. The van der Waals surface area contributed by atoms with Crippen molar-refractivity contribution in [1.82, 2.24) is 15.3 Å². The van der Waals surface area contributed by atoms with Gasteiger partial charge in [-0.1, -0.05) is 0 Å². The van der Waals surface area contributed by atoms with Crippen molar-refractivity contribution in [2.24, 2.45) is 0 Å². The molecule has 0 aliphatic heterocycles. The van der Waals surface area contributed by atoms with E-state index in [-0.39, 0.29) is 12.2 Å². The number of amides is 1. The number of hydrogen-bond acceptors (Lipinski definition) is 5. The van der Waals surface area contributed by atoms with Gasteiger partial charge in [0.05, 0.1) is 18.8 Å². The minimum Gasteiger partial charge on any atom is -0.491 e. The van der Waals surface area contributed by atoms with E-state index in [2.05, 4.69) is 15.3 Å². The zero-order valence-electron chi connectivity index (χ0n) is 12.1. The fourth-order valence-corrected chi connectivity index (χ4v) is 1.69. The molecule has 2 aromatic heterocycles. The second-order valence-electron chi connectivity index (χ2n) is 4.34. The molecule has 6 nitrogen and oxygen atoms in total. The first-order chi connectivity index (χ1) is 10.7. The van der Waals surface area contributed by atoms with Gasteiger partial charge in [-0.05, 0) is 18.2 Å². The van der Waals surface area contributed by atoms with E-state index in [1.54, 1.807) is 25.4 Å². The van der Waals surface area contributed by atoms with E-state index in [1.807, 2.05) is 0 Å². The summed E-state index contributed by atoms with van der Waals surface area (Å²) in [6, 6.07) is 6.02. The zero-order valence-corrected chi connectivity index (χ0v) is 12.1. The van der Waals surface area contributed by atoms with Crippen LogP contribution in [0.4, 0.5) is 4.39 Å². The van der Waals surface area contributed by atoms with Crippen LogP contribution >= 0.6 is 0 Å². The Hall–Kier alpha value is -2.54. The molecule has 2 rings (SSSR count). The summed E-state index contributed by atoms with van der Waals surface area (Å²) < 4.78 is 23.8. The molecule has 0 saturated heterocycles. The van der Waals surface area contributed by atoms with Crippen molar-refractivity contribution in [3.05, 3.63) is 53.9 Å². The summed E-state index contributed by atoms with van der Waals surface area (Å²) in [6.45, 7) is 1.05. The van der Waals surface area contributed by atoms with Gasteiger partial charge in [0.1, 0.15) is 12.4 Å². The highest BCUT2D eigenvalue weighted by molar-refractivity contribution is 5.92. The smallest absolute Gasteiger partial charge is 0.273 e. The van der Waals surface area contributed by atoms with E-state index in [9.17, 15) is 9.18 Å². The van der Waals surface area contributed by atoms with E-state index < -0.39 is 11.7 Å². The van der Waals surface area contributed by atoms with E-state index in [0.29, 0.717) is 24.7 Å². The number of carbonyl (C=O) groups excluding carboxylic acids is 1. The SMILES string of the molecule is COCCOc1ccnc(CNC(=O)c2ncccc2F)c1. The Morgan fingerprint density at radius 2 is 2.14 bits per heavy atom. The fraction of sp³-hybridized carbons (Fsp3) is 0.267. The van der Waals surface area contributed by atoms with Crippen LogP contribution in [-0.4, -0.2) is 36.2 Å². The molecule has 1 amide bonds. The molecule has 0 atom stereocenters. The Kier molecular flexibility index (Phi) is 5.79. The summed E-state index contributed by atoms with van der Waals surface area (Å²) >= 11 is 0. The van der Waals surface area contributed by atoms with Gasteiger partial charge in [0.2, 0.25) is 0 Å². The average molecular weight is 305 g/mol. The molecule has 7 heteroatoms. The molecule has 0 aliphatic carbocycles. The van der Waals surface area contributed by atoms with E-state index in [1.165, 1.54) is 18.3 Å². The first-order valence-electron chi connectivity index (χ1n) is 6.66. The van der Waals surface area contributed by atoms with Crippen LogP contribution in [0.1, 0.15) is 16.2 Å². The first-order valence-corrected chi connectivity index (χ1v) is 6.66. The van der Waals surface area contributed by atoms with Crippen molar-refractivity contribution in [2.45, 2.75) is 6.54 Å². The normalized spacial score (nSPS) is 10.3. The monoisotopic (exact) mass is 305 g/mol. The van der Waals surface area contributed by atoms with Crippen LogP contribution < -0.4 is 10.1 Å². The summed E-state index contributed by atoms with van der Waals surface area (Å²) in [5, 5.41) is 2.57. The predicted molar refractivity (Wildman–Crippen MR) is 77.0 cm³/mol. The second kappa shape index (κ2) is 8.04. The molecule has 0 unspecified atom stereocenters. The fourth-order valence-electron chi connectivity index (χ4n) is 1.69. The highest BCUT2D eigenvalue weighted by Crippen LogP contribution is 2.11. The third-order valence-corrected chi connectivity index (χ3v) is 2.75. The zero-order chi connectivity index (χ0) is 15.8. The van der Waals surface area contributed by atoms with Gasteiger partial charge in [-0.25, -0.2) is 9.37 Å². The van der Waals surface area contributed by atoms with Crippen LogP contribution in [0.15, 0.2) is 36.7 Å². The topological polar surface area (TPSA) is 73.3 Å². The Bertz CT molecular complexity index is 637. The lowest BCUT2D eigenvalue weighted by Crippen LogP contribution is -2.25. The standard InChI is InChI=1S/C15H16FN3O3/c1-21-7-8-22-12-4-6-17-11(9-12)10-19-15(20)14-13(16)3-2-5-18-14/h2-6,9H,7-8,10H2,1H3,(H,19,20).